The van der Waals surface area contributed by atoms with E-state index < -0.39 is 0 Å². The van der Waals surface area contributed by atoms with E-state index in [2.05, 4.69) is 49.6 Å². The van der Waals surface area contributed by atoms with Crippen molar-refractivity contribution in [2.24, 2.45) is 0 Å². The highest BCUT2D eigenvalue weighted by Crippen LogP contribution is 2.34. The third-order valence-electron chi connectivity index (χ3n) is 7.12. The van der Waals surface area contributed by atoms with Gasteiger partial charge in [0.15, 0.2) is 0 Å². The number of anilines is 1. The van der Waals surface area contributed by atoms with Gasteiger partial charge in [-0.15, -0.1) is 0 Å². The molecule has 1 aromatic heterocycles. The number of imidazole rings is 1. The maximum atomic E-state index is 13.8. The van der Waals surface area contributed by atoms with Crippen LogP contribution in [-0.2, 0) is 11.3 Å². The van der Waals surface area contributed by atoms with E-state index in [0.29, 0.717) is 31.2 Å². The van der Waals surface area contributed by atoms with E-state index in [-0.39, 0.29) is 17.6 Å². The third-order valence-corrected chi connectivity index (χ3v) is 7.12. The van der Waals surface area contributed by atoms with Gasteiger partial charge in [-0.1, -0.05) is 44.2 Å². The average molecular weight is 500 g/mol. The second-order valence-corrected chi connectivity index (χ2v) is 10.2. The van der Waals surface area contributed by atoms with Gasteiger partial charge in [-0.05, 0) is 73.2 Å². The fraction of sp³-hybridized carbons (Fsp3) is 0.355. The van der Waals surface area contributed by atoms with Crippen molar-refractivity contribution in [1.82, 2.24) is 9.55 Å². The first-order chi connectivity index (χ1) is 17.9. The topological polar surface area (TPSA) is 47.4 Å². The highest BCUT2D eigenvalue weighted by molar-refractivity contribution is 5.96. The van der Waals surface area contributed by atoms with Gasteiger partial charge < -0.3 is 14.2 Å². The molecule has 1 fully saturated rings. The van der Waals surface area contributed by atoms with Crippen LogP contribution in [0.4, 0.5) is 10.1 Å². The molecule has 192 valence electrons. The summed E-state index contributed by atoms with van der Waals surface area (Å²) in [7, 11) is 0. The van der Waals surface area contributed by atoms with Crippen LogP contribution in [0.25, 0.3) is 11.0 Å². The number of nitrogens with zero attached hydrogens (tertiary/aromatic N) is 3. The van der Waals surface area contributed by atoms with Crippen LogP contribution in [0.15, 0.2) is 66.7 Å². The number of unbranched alkanes of at least 4 members (excludes halogenated alkanes) is 1. The van der Waals surface area contributed by atoms with Crippen molar-refractivity contribution in [2.75, 3.05) is 18.1 Å². The van der Waals surface area contributed by atoms with Crippen molar-refractivity contribution in [3.8, 4) is 5.75 Å². The van der Waals surface area contributed by atoms with Gasteiger partial charge in [0.25, 0.3) is 0 Å². The van der Waals surface area contributed by atoms with Gasteiger partial charge in [-0.2, -0.15) is 0 Å². The molecule has 1 aliphatic heterocycles. The molecule has 3 aromatic carbocycles. The Morgan fingerprint density at radius 2 is 1.89 bits per heavy atom. The molecular formula is C31H34FN3O2. The monoisotopic (exact) mass is 499 g/mol. The maximum absolute atomic E-state index is 13.8. The lowest BCUT2D eigenvalue weighted by atomic mass is 10.0. The molecule has 4 aromatic rings. The van der Waals surface area contributed by atoms with Crippen molar-refractivity contribution in [3.05, 3.63) is 89.5 Å². The summed E-state index contributed by atoms with van der Waals surface area (Å²) in [6.45, 7) is 8.42. The smallest absolute Gasteiger partial charge is 0.227 e. The summed E-state index contributed by atoms with van der Waals surface area (Å²) in [5.41, 5.74) is 5.06. The van der Waals surface area contributed by atoms with Crippen LogP contribution in [-0.4, -0.2) is 28.6 Å². The Morgan fingerprint density at radius 1 is 1.05 bits per heavy atom. The zero-order chi connectivity index (χ0) is 25.9. The number of carbonyl (C=O) groups excluding carboxylic acids is 1. The van der Waals surface area contributed by atoms with Gasteiger partial charge in [0.1, 0.15) is 17.4 Å². The molecule has 1 aliphatic rings. The van der Waals surface area contributed by atoms with Crippen molar-refractivity contribution in [3.63, 3.8) is 0 Å². The van der Waals surface area contributed by atoms with Gasteiger partial charge in [0, 0.05) is 31.1 Å². The lowest BCUT2D eigenvalue weighted by Crippen LogP contribution is -2.24. The van der Waals surface area contributed by atoms with Crippen molar-refractivity contribution >= 4 is 22.6 Å². The van der Waals surface area contributed by atoms with Crippen LogP contribution >= 0.6 is 0 Å². The van der Waals surface area contributed by atoms with Gasteiger partial charge in [-0.3, -0.25) is 4.79 Å². The highest BCUT2D eigenvalue weighted by atomic mass is 19.1. The molecule has 2 heterocycles. The minimum absolute atomic E-state index is 0.00159. The molecular weight excluding hydrogens is 465 g/mol. The summed E-state index contributed by atoms with van der Waals surface area (Å²) in [4.78, 5) is 19.5. The zero-order valence-corrected chi connectivity index (χ0v) is 21.8. The van der Waals surface area contributed by atoms with E-state index in [9.17, 15) is 9.18 Å². The van der Waals surface area contributed by atoms with E-state index in [4.69, 9.17) is 9.72 Å². The van der Waals surface area contributed by atoms with Crippen LogP contribution in [0, 0.1) is 12.7 Å². The summed E-state index contributed by atoms with van der Waals surface area (Å²) in [6, 6.07) is 20.8. The maximum Gasteiger partial charge on any atom is 0.227 e. The zero-order valence-electron chi connectivity index (χ0n) is 21.8. The Kier molecular flexibility index (Phi) is 7.26. The van der Waals surface area contributed by atoms with E-state index in [1.165, 1.54) is 23.3 Å². The van der Waals surface area contributed by atoms with E-state index >= 15 is 0 Å². The van der Waals surface area contributed by atoms with E-state index in [1.807, 2.05) is 18.2 Å². The number of ether oxygens (including phenoxy) is 1. The molecule has 1 unspecified atom stereocenters. The summed E-state index contributed by atoms with van der Waals surface area (Å²) in [5.74, 6) is 1.94. The minimum atomic E-state index is -0.339. The fourth-order valence-corrected chi connectivity index (χ4v) is 5.21. The van der Waals surface area contributed by atoms with Crippen LogP contribution in [0.1, 0.15) is 61.9 Å². The van der Waals surface area contributed by atoms with E-state index in [1.54, 1.807) is 17.0 Å². The number of halogens is 1. The Labute approximate surface area is 217 Å². The summed E-state index contributed by atoms with van der Waals surface area (Å²) in [6.07, 6.45) is 2.22. The van der Waals surface area contributed by atoms with Crippen LogP contribution < -0.4 is 9.64 Å². The van der Waals surface area contributed by atoms with Crippen LogP contribution in [0.2, 0.25) is 0 Å². The Bertz CT molecular complexity index is 1410. The number of rotatable bonds is 9. The van der Waals surface area contributed by atoms with Crippen LogP contribution in [0.3, 0.4) is 0 Å². The highest BCUT2D eigenvalue weighted by Gasteiger charge is 2.34. The Hall–Kier alpha value is -3.67. The molecule has 0 N–H and O–H groups in total. The molecule has 1 amide bonds. The van der Waals surface area contributed by atoms with Gasteiger partial charge in [0.05, 0.1) is 17.6 Å². The largest absolute Gasteiger partial charge is 0.493 e. The quantitative estimate of drug-likeness (QED) is 0.233. The fourth-order valence-electron chi connectivity index (χ4n) is 5.21. The number of hydrogen-bond acceptors (Lipinski definition) is 3. The first kappa shape index (κ1) is 25.0. The molecule has 5 nitrogen and oxygen atoms in total. The number of para-hydroxylation sites is 2. The summed E-state index contributed by atoms with van der Waals surface area (Å²) < 4.78 is 22.3. The van der Waals surface area contributed by atoms with Crippen molar-refractivity contribution in [1.29, 1.82) is 0 Å². The molecule has 0 aliphatic carbocycles. The lowest BCUT2D eigenvalue weighted by Gasteiger charge is -2.18. The summed E-state index contributed by atoms with van der Waals surface area (Å²) in [5, 5.41) is 0. The predicted octanol–water partition coefficient (Wildman–Crippen LogP) is 6.99. The summed E-state index contributed by atoms with van der Waals surface area (Å²) >= 11 is 0. The third kappa shape index (κ3) is 5.38. The predicted molar refractivity (Wildman–Crippen MR) is 146 cm³/mol. The van der Waals surface area contributed by atoms with Gasteiger partial charge >= 0.3 is 0 Å². The van der Waals surface area contributed by atoms with Gasteiger partial charge in [0.2, 0.25) is 5.91 Å². The second-order valence-electron chi connectivity index (χ2n) is 10.2. The van der Waals surface area contributed by atoms with Gasteiger partial charge in [-0.25, -0.2) is 9.37 Å². The van der Waals surface area contributed by atoms with Crippen molar-refractivity contribution < 1.29 is 13.9 Å². The number of hydrogen-bond donors (Lipinski definition) is 0. The molecule has 0 saturated carbocycles. The number of aromatic nitrogens is 2. The first-order valence-electron chi connectivity index (χ1n) is 13.1. The molecule has 1 saturated heterocycles. The number of amides is 1. The molecule has 1 atom stereocenters. The number of aryl methyl sites for hydroxylation is 2. The molecule has 6 heteroatoms. The first-order valence-corrected chi connectivity index (χ1v) is 13.1. The second kappa shape index (κ2) is 10.8. The molecule has 37 heavy (non-hydrogen) atoms. The molecule has 0 bridgehead atoms. The Balaban J connectivity index is 1.29. The Morgan fingerprint density at radius 3 is 2.70 bits per heavy atom. The normalized spacial score (nSPS) is 15.8. The average Bonchev–Trinajstić information content (AvgIpc) is 3.44. The van der Waals surface area contributed by atoms with Crippen LogP contribution in [0.5, 0.6) is 5.75 Å². The number of carbonyl (C=O) groups is 1. The molecule has 5 rings (SSSR count). The van der Waals surface area contributed by atoms with Crippen molar-refractivity contribution in [2.45, 2.75) is 58.4 Å². The standard InChI is InChI=1S/C31H34FN3O2/c1-21(2)26-14-13-22(3)17-29(26)37-16-7-6-15-34-28-12-5-4-11-27(28)33-31(34)23-18-30(36)35(20-23)25-10-8-9-24(32)19-25/h4-5,8-14,17,19,21,23H,6-7,15-16,18,20H2,1-3H3. The van der Waals surface area contributed by atoms with E-state index in [0.717, 1.165) is 42.0 Å². The SMILES string of the molecule is Cc1ccc(C(C)C)c(OCCCCn2c(C3CC(=O)N(c4cccc(F)c4)C3)nc3ccccc32)c1. The molecule has 0 spiro atoms. The molecule has 0 radical (unpaired) electrons. The number of benzene rings is 3. The lowest BCUT2D eigenvalue weighted by molar-refractivity contribution is -0.117. The minimum Gasteiger partial charge on any atom is -0.493 e. The number of fused-ring (bicyclic) bond motifs is 1.